The largest absolute Gasteiger partial charge is 0.497 e. The number of rotatable bonds is 27. The smallest absolute Gasteiger partial charge is 0.334 e. The molecule has 428 valence electrons. The number of methoxy groups -OCH3 is 4. The summed E-state index contributed by atoms with van der Waals surface area (Å²) < 4.78 is 55.8. The third kappa shape index (κ3) is 20.5. The van der Waals surface area contributed by atoms with Gasteiger partial charge >= 0.3 is 11.9 Å². The first kappa shape index (κ1) is 67.9. The number of carbonyl (C=O) groups excluding carboxylic acids is 2. The number of allylic oxidation sites excluding steroid dienone is 7. The second-order valence-corrected chi connectivity index (χ2v) is 34.3. The lowest BCUT2D eigenvalue weighted by molar-refractivity contribution is -0.367. The number of benzene rings is 1. The summed E-state index contributed by atoms with van der Waals surface area (Å²) in [6.45, 7) is 39.6. The van der Waals surface area contributed by atoms with Crippen LogP contribution in [0.4, 0.5) is 0 Å². The first-order valence-electron chi connectivity index (χ1n) is 26.9. The van der Waals surface area contributed by atoms with Crippen LogP contribution in [-0.4, -0.2) is 121 Å². The zero-order valence-corrected chi connectivity index (χ0v) is 52.5. The van der Waals surface area contributed by atoms with Gasteiger partial charge < -0.3 is 52.2 Å². The summed E-state index contributed by atoms with van der Waals surface area (Å²) in [6, 6.07) is 7.84. The van der Waals surface area contributed by atoms with Crippen molar-refractivity contribution in [3.63, 3.8) is 0 Å². The monoisotopic (exact) mass is 1090 g/mol. The Balaban J connectivity index is 2.49. The van der Waals surface area contributed by atoms with E-state index in [0.29, 0.717) is 25.0 Å². The van der Waals surface area contributed by atoms with Crippen molar-refractivity contribution in [1.82, 2.24) is 0 Å². The van der Waals surface area contributed by atoms with E-state index in [2.05, 4.69) is 106 Å². The number of ether oxygens (including phenoxy) is 7. The van der Waals surface area contributed by atoms with Crippen LogP contribution >= 0.6 is 0 Å². The molecule has 1 aromatic carbocycles. The average molecular weight is 1090 g/mol. The van der Waals surface area contributed by atoms with Crippen LogP contribution < -0.4 is 4.74 Å². The zero-order chi connectivity index (χ0) is 57.5. The molecule has 1 saturated heterocycles. The van der Waals surface area contributed by atoms with E-state index in [1.807, 2.05) is 84.0 Å². The van der Waals surface area contributed by atoms with Crippen LogP contribution in [0.2, 0.25) is 36.3 Å². The highest BCUT2D eigenvalue weighted by Crippen LogP contribution is 2.48. The van der Waals surface area contributed by atoms with Gasteiger partial charge in [-0.3, -0.25) is 4.79 Å². The molecule has 11 atom stereocenters. The Morgan fingerprint density at radius 2 is 1.44 bits per heavy atom. The van der Waals surface area contributed by atoms with E-state index >= 15 is 0 Å². The Hall–Kier alpha value is -3.23. The Kier molecular flexibility index (Phi) is 26.4. The van der Waals surface area contributed by atoms with Crippen molar-refractivity contribution in [1.29, 1.82) is 0 Å². The molecule has 0 spiro atoms. The highest BCUT2D eigenvalue weighted by Gasteiger charge is 2.59. The molecule has 13 nitrogen and oxygen atoms in total. The van der Waals surface area contributed by atoms with Crippen LogP contribution in [0.25, 0.3) is 0 Å². The molecule has 1 heterocycles. The van der Waals surface area contributed by atoms with Gasteiger partial charge in [-0.2, -0.15) is 0 Å². The van der Waals surface area contributed by atoms with Gasteiger partial charge in [-0.05, 0) is 114 Å². The molecular formula is C60H102O13Si2. The van der Waals surface area contributed by atoms with Crippen molar-refractivity contribution < 1.29 is 61.8 Å². The van der Waals surface area contributed by atoms with Crippen molar-refractivity contribution in [2.45, 2.75) is 227 Å². The van der Waals surface area contributed by atoms with Crippen LogP contribution in [0.3, 0.4) is 0 Å². The SMILES string of the molecule is COC(=O)C[C@H]1O[C@@](OC)([C@H](O)[C@@H](O)C[C@H](OC)[C@H](CC/C=C(C)/C=C/[C@H](OCc2ccc(OC)cc2)[C@H](C)/C=C/C=C(C)/C=C(\C)C(=O)OC(C)(C)C)O[Si](C)(C)C(C)(C)C)[C@H](C)[C@@H](O[Si](C)(C)C(C)(C)C)[C@H]1C. The molecule has 0 aromatic heterocycles. The number of aliphatic hydroxyl groups excluding tert-OH is 2. The number of esters is 2. The van der Waals surface area contributed by atoms with Gasteiger partial charge in [0.25, 0.3) is 0 Å². The van der Waals surface area contributed by atoms with Gasteiger partial charge in [-0.15, -0.1) is 0 Å². The maximum absolute atomic E-state index is 12.8. The van der Waals surface area contributed by atoms with Crippen LogP contribution in [-0.2, 0) is 53.5 Å². The third-order valence-corrected chi connectivity index (χ3v) is 24.4. The molecule has 1 fully saturated rings. The zero-order valence-electron chi connectivity index (χ0n) is 50.5. The minimum Gasteiger partial charge on any atom is -0.497 e. The molecular weight excluding hydrogens is 985 g/mol. The lowest BCUT2D eigenvalue weighted by Gasteiger charge is -2.55. The summed E-state index contributed by atoms with van der Waals surface area (Å²) in [5.41, 5.74) is 2.93. The van der Waals surface area contributed by atoms with E-state index in [4.69, 9.17) is 42.0 Å². The highest BCUT2D eigenvalue weighted by atomic mass is 28.4. The molecule has 0 unspecified atom stereocenters. The van der Waals surface area contributed by atoms with Crippen LogP contribution in [0.1, 0.15) is 135 Å². The van der Waals surface area contributed by atoms with E-state index in [1.54, 1.807) is 21.1 Å². The van der Waals surface area contributed by atoms with Gasteiger partial charge in [0.2, 0.25) is 5.79 Å². The predicted molar refractivity (Wildman–Crippen MR) is 307 cm³/mol. The van der Waals surface area contributed by atoms with E-state index in [0.717, 1.165) is 22.5 Å². The Morgan fingerprint density at radius 3 is 1.96 bits per heavy atom. The Morgan fingerprint density at radius 1 is 0.840 bits per heavy atom. The van der Waals surface area contributed by atoms with E-state index in [1.165, 1.54) is 14.2 Å². The van der Waals surface area contributed by atoms with Crippen molar-refractivity contribution in [3.05, 3.63) is 89.1 Å². The first-order valence-corrected chi connectivity index (χ1v) is 32.7. The minimum atomic E-state index is -2.40. The third-order valence-electron chi connectivity index (χ3n) is 15.5. The topological polar surface area (TPSA) is 158 Å². The minimum absolute atomic E-state index is 0.0126. The fourth-order valence-corrected chi connectivity index (χ4v) is 11.4. The van der Waals surface area contributed by atoms with Crippen molar-refractivity contribution in [3.8, 4) is 5.75 Å². The van der Waals surface area contributed by atoms with Gasteiger partial charge in [0.05, 0.1) is 63.9 Å². The lowest BCUT2D eigenvalue weighted by atomic mass is 9.76. The van der Waals surface area contributed by atoms with Gasteiger partial charge in [0.1, 0.15) is 17.5 Å². The van der Waals surface area contributed by atoms with Crippen LogP contribution in [0.5, 0.6) is 5.75 Å². The maximum atomic E-state index is 12.8. The molecule has 1 aliphatic rings. The second kappa shape index (κ2) is 29.1. The molecule has 1 aromatic rings. The summed E-state index contributed by atoms with van der Waals surface area (Å²) in [4.78, 5) is 25.4. The van der Waals surface area contributed by atoms with Crippen LogP contribution in [0.15, 0.2) is 83.5 Å². The quantitative estimate of drug-likeness (QED) is 0.0372. The average Bonchev–Trinajstić information content (AvgIpc) is 3.31. The predicted octanol–water partition coefficient (Wildman–Crippen LogP) is 12.8. The molecule has 2 N–H and O–H groups in total. The first-order chi connectivity index (χ1) is 34.5. The summed E-state index contributed by atoms with van der Waals surface area (Å²) in [5, 5.41) is 24.3. The van der Waals surface area contributed by atoms with Gasteiger partial charge in [-0.25, -0.2) is 4.79 Å². The molecule has 1 aliphatic heterocycles. The number of aliphatic hydroxyl groups is 2. The summed E-state index contributed by atoms with van der Waals surface area (Å²) >= 11 is 0. The standard InChI is InChI=1S/C60H102O13Si2/c1-40(30-35-49(69-39-46-31-33-47(65-16)34-32-46)42(3)28-24-27-41(2)36-43(4)56(64)71-57(7,8)9)26-25-29-50(72-74(20,21)58(10,11)12)52(66-17)37-48(61)55(63)60(68-19)45(6)54(73-75(22,23)59(13,14)15)44(5)51(70-60)38-53(62)67-18/h24,26-28,30-36,42,44-45,48-52,54-55,61,63H,25,29,37-39H2,1-23H3/b28-24+,35-30+,40-26+,41-27+,43-36+/t42-,44+,45-,48+,49+,50+,51-,52+,54+,55-,60-/m1/s1. The van der Waals surface area contributed by atoms with Crippen molar-refractivity contribution in [2.75, 3.05) is 28.4 Å². The summed E-state index contributed by atoms with van der Waals surface area (Å²) in [5.74, 6) is -2.60. The molecule has 0 radical (unpaired) electrons. The van der Waals surface area contributed by atoms with E-state index in [9.17, 15) is 19.8 Å². The normalized spacial score (nSPS) is 23.5. The summed E-state index contributed by atoms with van der Waals surface area (Å²) in [6.07, 6.45) is 9.89. The Bertz CT molecular complexity index is 2090. The van der Waals surface area contributed by atoms with Gasteiger partial charge in [0.15, 0.2) is 16.6 Å². The van der Waals surface area contributed by atoms with E-state index < -0.39 is 76.5 Å². The van der Waals surface area contributed by atoms with Gasteiger partial charge in [-0.1, -0.05) is 122 Å². The summed E-state index contributed by atoms with van der Waals surface area (Å²) in [7, 11) is 1.26. The molecule has 0 saturated carbocycles. The molecule has 0 aliphatic carbocycles. The number of carbonyl (C=O) groups is 2. The maximum Gasteiger partial charge on any atom is 0.334 e. The second-order valence-electron chi connectivity index (χ2n) is 24.8. The molecule has 0 bridgehead atoms. The molecule has 0 amide bonds. The fraction of sp³-hybridized carbons (Fsp3) is 0.700. The Labute approximate surface area is 456 Å². The van der Waals surface area contributed by atoms with Crippen molar-refractivity contribution >= 4 is 28.6 Å². The number of hydrogen-bond donors (Lipinski definition) is 2. The fourth-order valence-electron chi connectivity index (χ4n) is 8.54. The lowest BCUT2D eigenvalue weighted by Crippen LogP contribution is -2.67. The molecule has 2 rings (SSSR count). The molecule has 15 heteroatoms. The van der Waals surface area contributed by atoms with Gasteiger partial charge in [0, 0.05) is 44.0 Å². The molecule has 75 heavy (non-hydrogen) atoms. The highest BCUT2D eigenvalue weighted by molar-refractivity contribution is 6.74. The van der Waals surface area contributed by atoms with Crippen molar-refractivity contribution in [2.24, 2.45) is 17.8 Å². The number of hydrogen-bond acceptors (Lipinski definition) is 13. The van der Waals surface area contributed by atoms with E-state index in [-0.39, 0.29) is 46.8 Å². The van der Waals surface area contributed by atoms with Crippen LogP contribution in [0, 0.1) is 17.8 Å².